The second-order valence-electron chi connectivity index (χ2n) is 9.15. The van der Waals surface area contributed by atoms with Gasteiger partial charge in [-0.25, -0.2) is 0 Å². The molecule has 1 atom stereocenters. The van der Waals surface area contributed by atoms with Crippen LogP contribution in [-0.4, -0.2) is 63.3 Å². The molecule has 8 nitrogen and oxygen atoms in total. The fourth-order valence-electron chi connectivity index (χ4n) is 4.96. The number of fused-ring (bicyclic) bond motifs is 1. The minimum Gasteiger partial charge on any atom is -0.366 e. The van der Waals surface area contributed by atoms with Crippen molar-refractivity contribution in [3.8, 4) is 5.69 Å². The molecule has 3 heterocycles. The van der Waals surface area contributed by atoms with Gasteiger partial charge in [-0.2, -0.15) is 0 Å². The lowest BCUT2D eigenvalue weighted by molar-refractivity contribution is -0.114. The van der Waals surface area contributed by atoms with Crippen molar-refractivity contribution in [3.05, 3.63) is 66.9 Å². The van der Waals surface area contributed by atoms with Crippen molar-refractivity contribution in [2.45, 2.75) is 32.2 Å². The number of nitrogens with zero attached hydrogens (tertiary/aromatic N) is 5. The van der Waals surface area contributed by atoms with E-state index < -0.39 is 0 Å². The SMILES string of the molecule is CC(=O)Nc1cccc(N2CCN(C)CC2CCCc2c[nH]c3ccc(-n4cnnc4)cc23)c1. The third-order valence-electron chi connectivity index (χ3n) is 6.64. The largest absolute Gasteiger partial charge is 0.366 e. The molecule has 1 unspecified atom stereocenters. The topological polar surface area (TPSA) is 82.1 Å². The first kappa shape index (κ1) is 22.2. The summed E-state index contributed by atoms with van der Waals surface area (Å²) >= 11 is 0. The number of anilines is 2. The van der Waals surface area contributed by atoms with Crippen molar-refractivity contribution in [2.75, 3.05) is 36.9 Å². The average Bonchev–Trinajstić information content (AvgIpc) is 3.49. The molecule has 0 spiro atoms. The van der Waals surface area contributed by atoms with E-state index in [0.717, 1.165) is 55.8 Å². The van der Waals surface area contributed by atoms with Crippen molar-refractivity contribution >= 4 is 28.2 Å². The van der Waals surface area contributed by atoms with Crippen LogP contribution in [0.25, 0.3) is 16.6 Å². The highest BCUT2D eigenvalue weighted by Gasteiger charge is 2.25. The molecule has 2 aromatic carbocycles. The number of rotatable bonds is 7. The molecule has 0 saturated carbocycles. The van der Waals surface area contributed by atoms with Crippen LogP contribution in [0.1, 0.15) is 25.3 Å². The van der Waals surface area contributed by atoms with Gasteiger partial charge in [-0.05, 0) is 68.3 Å². The molecule has 8 heteroatoms. The van der Waals surface area contributed by atoms with E-state index >= 15 is 0 Å². The van der Waals surface area contributed by atoms with Gasteiger partial charge in [0.1, 0.15) is 12.7 Å². The van der Waals surface area contributed by atoms with Gasteiger partial charge in [0.25, 0.3) is 0 Å². The Morgan fingerprint density at radius 1 is 1.12 bits per heavy atom. The van der Waals surface area contributed by atoms with Crippen LogP contribution < -0.4 is 10.2 Å². The van der Waals surface area contributed by atoms with Gasteiger partial charge >= 0.3 is 0 Å². The summed E-state index contributed by atoms with van der Waals surface area (Å²) in [6.07, 6.45) is 8.82. The van der Waals surface area contributed by atoms with E-state index in [0.29, 0.717) is 6.04 Å². The summed E-state index contributed by atoms with van der Waals surface area (Å²) < 4.78 is 1.93. The first-order valence-electron chi connectivity index (χ1n) is 11.8. The summed E-state index contributed by atoms with van der Waals surface area (Å²) in [5.41, 5.74) is 5.59. The molecule has 1 aliphatic rings. The number of likely N-dealkylation sites (N-methyl/N-ethyl adjacent to an activating group) is 1. The van der Waals surface area contributed by atoms with E-state index in [9.17, 15) is 4.79 Å². The summed E-state index contributed by atoms with van der Waals surface area (Å²) in [7, 11) is 2.20. The number of nitrogens with one attached hydrogen (secondary N) is 2. The van der Waals surface area contributed by atoms with Gasteiger partial charge < -0.3 is 20.1 Å². The maximum absolute atomic E-state index is 11.5. The van der Waals surface area contributed by atoms with Gasteiger partial charge in [0.2, 0.25) is 5.91 Å². The minimum absolute atomic E-state index is 0.0433. The van der Waals surface area contributed by atoms with Crippen molar-refractivity contribution in [2.24, 2.45) is 0 Å². The summed E-state index contributed by atoms with van der Waals surface area (Å²) in [5.74, 6) is -0.0433. The molecule has 1 saturated heterocycles. The van der Waals surface area contributed by atoms with Crippen LogP contribution in [-0.2, 0) is 11.2 Å². The number of hydrogen-bond donors (Lipinski definition) is 2. The fourth-order valence-corrected chi connectivity index (χ4v) is 4.96. The first-order chi connectivity index (χ1) is 16.6. The Balaban J connectivity index is 1.29. The number of benzene rings is 2. The van der Waals surface area contributed by atoms with E-state index in [1.165, 1.54) is 16.6 Å². The Morgan fingerprint density at radius 3 is 2.79 bits per heavy atom. The van der Waals surface area contributed by atoms with Crippen LogP contribution in [0.2, 0.25) is 0 Å². The lowest BCUT2D eigenvalue weighted by atomic mass is 10.0. The molecule has 176 valence electrons. The van der Waals surface area contributed by atoms with Gasteiger partial charge in [-0.15, -0.1) is 10.2 Å². The zero-order valence-corrected chi connectivity index (χ0v) is 19.7. The number of hydrogen-bond acceptors (Lipinski definition) is 5. The lowest BCUT2D eigenvalue weighted by Crippen LogP contribution is -2.52. The number of carbonyl (C=O) groups excluding carboxylic acids is 1. The maximum Gasteiger partial charge on any atom is 0.221 e. The quantitative estimate of drug-likeness (QED) is 0.441. The molecule has 0 radical (unpaired) electrons. The van der Waals surface area contributed by atoms with Crippen LogP contribution in [0.5, 0.6) is 0 Å². The van der Waals surface area contributed by atoms with Crippen LogP contribution in [0, 0.1) is 0 Å². The first-order valence-corrected chi connectivity index (χ1v) is 11.8. The molecule has 0 bridgehead atoms. The van der Waals surface area contributed by atoms with E-state index in [4.69, 9.17) is 0 Å². The highest BCUT2D eigenvalue weighted by molar-refractivity contribution is 5.89. The van der Waals surface area contributed by atoms with Crippen molar-refractivity contribution in [3.63, 3.8) is 0 Å². The third-order valence-corrected chi connectivity index (χ3v) is 6.64. The molecular formula is C26H31N7O. The second kappa shape index (κ2) is 9.69. The Labute approximate surface area is 199 Å². The molecule has 2 aromatic heterocycles. The maximum atomic E-state index is 11.5. The molecular weight excluding hydrogens is 426 g/mol. The summed E-state index contributed by atoms with van der Waals surface area (Å²) in [5, 5.41) is 12.0. The Hall–Kier alpha value is -3.65. The van der Waals surface area contributed by atoms with Crippen LogP contribution in [0.4, 0.5) is 11.4 Å². The Bertz CT molecular complexity index is 1260. The van der Waals surface area contributed by atoms with Crippen LogP contribution in [0.3, 0.4) is 0 Å². The number of aromatic amines is 1. The normalized spacial score (nSPS) is 16.8. The molecule has 1 fully saturated rings. The fraction of sp³-hybridized carbons (Fsp3) is 0.346. The zero-order chi connectivity index (χ0) is 23.5. The average molecular weight is 458 g/mol. The molecule has 4 aromatic rings. The van der Waals surface area contributed by atoms with Gasteiger partial charge in [-0.3, -0.25) is 9.36 Å². The standard InChI is InChI=1S/C26H31N7O/c1-19(34)30-21-6-4-7-23(13-21)33-12-11-31(2)16-24(33)8-3-5-20-15-27-26-10-9-22(14-25(20)26)32-17-28-29-18-32/h4,6-7,9-10,13-15,17-18,24,27H,3,5,8,11-12,16H2,1-2H3,(H,30,34). The van der Waals surface area contributed by atoms with Crippen molar-refractivity contribution in [1.82, 2.24) is 24.6 Å². The van der Waals surface area contributed by atoms with E-state index in [2.05, 4.69) is 73.9 Å². The predicted molar refractivity (Wildman–Crippen MR) is 136 cm³/mol. The van der Waals surface area contributed by atoms with E-state index in [1.807, 2.05) is 16.7 Å². The third kappa shape index (κ3) is 4.82. The number of carbonyl (C=O) groups is 1. The van der Waals surface area contributed by atoms with Crippen LogP contribution in [0.15, 0.2) is 61.3 Å². The summed E-state index contributed by atoms with van der Waals surface area (Å²) in [6, 6.07) is 15.0. The highest BCUT2D eigenvalue weighted by Crippen LogP contribution is 2.27. The molecule has 34 heavy (non-hydrogen) atoms. The monoisotopic (exact) mass is 457 g/mol. The predicted octanol–water partition coefficient (Wildman–Crippen LogP) is 3.85. The summed E-state index contributed by atoms with van der Waals surface area (Å²) in [4.78, 5) is 19.8. The molecule has 5 rings (SSSR count). The Morgan fingerprint density at radius 2 is 1.97 bits per heavy atom. The van der Waals surface area contributed by atoms with E-state index in [-0.39, 0.29) is 5.91 Å². The van der Waals surface area contributed by atoms with Crippen molar-refractivity contribution < 1.29 is 4.79 Å². The molecule has 1 aliphatic heterocycles. The molecule has 0 aliphatic carbocycles. The number of aryl methyl sites for hydroxylation is 1. The zero-order valence-electron chi connectivity index (χ0n) is 19.7. The number of piperazine rings is 1. The van der Waals surface area contributed by atoms with Gasteiger partial charge in [-0.1, -0.05) is 6.07 Å². The molecule has 2 N–H and O–H groups in total. The van der Waals surface area contributed by atoms with E-state index in [1.54, 1.807) is 19.6 Å². The van der Waals surface area contributed by atoms with Crippen molar-refractivity contribution in [1.29, 1.82) is 0 Å². The number of H-pyrrole nitrogens is 1. The lowest BCUT2D eigenvalue weighted by Gasteiger charge is -2.42. The minimum atomic E-state index is -0.0433. The smallest absolute Gasteiger partial charge is 0.221 e. The van der Waals surface area contributed by atoms with Gasteiger partial charge in [0, 0.05) is 66.8 Å². The Kier molecular flexibility index (Phi) is 6.31. The summed E-state index contributed by atoms with van der Waals surface area (Å²) in [6.45, 7) is 4.61. The second-order valence-corrected chi connectivity index (χ2v) is 9.15. The highest BCUT2D eigenvalue weighted by atomic mass is 16.1. The van der Waals surface area contributed by atoms with Gasteiger partial charge in [0.15, 0.2) is 0 Å². The molecule has 1 amide bonds. The number of aromatic nitrogens is 4. The number of amides is 1. The van der Waals surface area contributed by atoms with Crippen LogP contribution >= 0.6 is 0 Å². The van der Waals surface area contributed by atoms with Gasteiger partial charge in [0.05, 0.1) is 0 Å².